The lowest BCUT2D eigenvalue weighted by molar-refractivity contribution is 0.493. The molecule has 0 aromatic heterocycles. The van der Waals surface area contributed by atoms with E-state index in [1.165, 1.54) is 11.8 Å². The van der Waals surface area contributed by atoms with E-state index < -0.39 is 20.6 Å². The molecule has 120 valence electrons. The fourth-order valence-electron chi connectivity index (χ4n) is 2.34. The molecule has 1 aromatic rings. The third-order valence-electron chi connectivity index (χ3n) is 4.44. The maximum Gasteiger partial charge on any atom is 0.154 e. The molecule has 1 rings (SSSR count). The highest BCUT2D eigenvalue weighted by molar-refractivity contribution is 7.92. The van der Waals surface area contributed by atoms with Crippen LogP contribution in [0.1, 0.15) is 76.1 Å². The number of benzene rings is 1. The fourth-order valence-corrected chi connectivity index (χ4v) is 2.93. The van der Waals surface area contributed by atoms with E-state index in [4.69, 9.17) is 5.73 Å². The molecule has 1 atom stereocenters. The van der Waals surface area contributed by atoms with Gasteiger partial charge in [-0.15, -0.1) is 0 Å². The molecular formula is C17H29NO2S. The van der Waals surface area contributed by atoms with Crippen molar-refractivity contribution in [3.05, 3.63) is 34.9 Å². The lowest BCUT2D eigenvalue weighted by Crippen LogP contribution is -2.42. The average molecular weight is 311 g/mol. The topological polar surface area (TPSA) is 60.2 Å². The van der Waals surface area contributed by atoms with Gasteiger partial charge in [-0.1, -0.05) is 45.9 Å². The van der Waals surface area contributed by atoms with Gasteiger partial charge in [0.05, 0.1) is 4.75 Å². The molecule has 0 aliphatic carbocycles. The van der Waals surface area contributed by atoms with Crippen LogP contribution >= 0.6 is 0 Å². The van der Waals surface area contributed by atoms with Crippen LogP contribution in [-0.4, -0.2) is 19.4 Å². The lowest BCUT2D eigenvalue weighted by Gasteiger charge is -2.32. The first kappa shape index (κ1) is 18.2. The van der Waals surface area contributed by atoms with Crippen molar-refractivity contribution in [3.63, 3.8) is 0 Å². The van der Waals surface area contributed by atoms with Crippen molar-refractivity contribution >= 4 is 9.84 Å². The highest BCUT2D eigenvalue weighted by atomic mass is 32.2. The van der Waals surface area contributed by atoms with Gasteiger partial charge in [0.15, 0.2) is 9.84 Å². The monoisotopic (exact) mass is 311 g/mol. The van der Waals surface area contributed by atoms with E-state index in [1.54, 1.807) is 13.8 Å². The van der Waals surface area contributed by atoms with Crippen LogP contribution in [0.15, 0.2) is 18.2 Å². The second kappa shape index (κ2) is 6.09. The fraction of sp³-hybridized carbons (Fsp3) is 0.647. The maximum atomic E-state index is 12.0. The zero-order valence-electron chi connectivity index (χ0n) is 14.3. The van der Waals surface area contributed by atoms with Gasteiger partial charge >= 0.3 is 0 Å². The van der Waals surface area contributed by atoms with Crippen molar-refractivity contribution in [1.82, 2.24) is 0 Å². The summed E-state index contributed by atoms with van der Waals surface area (Å²) in [6.07, 6.45) is 1.25. The molecule has 0 heterocycles. The van der Waals surface area contributed by atoms with Gasteiger partial charge in [0.1, 0.15) is 0 Å². The Morgan fingerprint density at radius 1 is 1.00 bits per heavy atom. The van der Waals surface area contributed by atoms with Crippen molar-refractivity contribution < 1.29 is 8.42 Å². The third-order valence-corrected chi connectivity index (χ3v) is 6.60. The number of hydrogen-bond donors (Lipinski definition) is 1. The summed E-state index contributed by atoms with van der Waals surface area (Å²) in [5.74, 6) is 0.746. The van der Waals surface area contributed by atoms with Crippen molar-refractivity contribution in [3.8, 4) is 0 Å². The molecule has 0 bridgehead atoms. The molecule has 0 aliphatic rings. The van der Waals surface area contributed by atoms with E-state index in [1.807, 2.05) is 6.07 Å². The predicted molar refractivity (Wildman–Crippen MR) is 90.5 cm³/mol. The maximum absolute atomic E-state index is 12.0. The minimum atomic E-state index is -3.24. The zero-order valence-corrected chi connectivity index (χ0v) is 15.1. The second-order valence-corrected chi connectivity index (χ2v) is 9.65. The van der Waals surface area contributed by atoms with Gasteiger partial charge in [-0.25, -0.2) is 8.42 Å². The summed E-state index contributed by atoms with van der Waals surface area (Å²) in [6, 6.07) is 5.70. The van der Waals surface area contributed by atoms with Crippen LogP contribution in [0.25, 0.3) is 0 Å². The molecular weight excluding hydrogens is 282 g/mol. The van der Waals surface area contributed by atoms with Crippen molar-refractivity contribution in [2.45, 2.75) is 64.2 Å². The quantitative estimate of drug-likeness (QED) is 0.900. The van der Waals surface area contributed by atoms with Crippen LogP contribution in [0.3, 0.4) is 0 Å². The number of rotatable bonds is 5. The highest BCUT2D eigenvalue weighted by Gasteiger charge is 2.38. The average Bonchev–Trinajstić information content (AvgIpc) is 2.35. The first-order chi connectivity index (χ1) is 9.39. The van der Waals surface area contributed by atoms with Crippen molar-refractivity contribution in [1.29, 1.82) is 0 Å². The summed E-state index contributed by atoms with van der Waals surface area (Å²) in [5.41, 5.74) is 9.68. The van der Waals surface area contributed by atoms with E-state index in [0.717, 1.165) is 11.1 Å². The van der Waals surface area contributed by atoms with Gasteiger partial charge in [0.2, 0.25) is 0 Å². The van der Waals surface area contributed by atoms with Gasteiger partial charge in [-0.2, -0.15) is 0 Å². The Bertz CT molecular complexity index is 601. The van der Waals surface area contributed by atoms with Crippen LogP contribution in [0, 0.1) is 0 Å². The van der Waals surface area contributed by atoms with Gasteiger partial charge in [-0.3, -0.25) is 0 Å². The Labute approximate surface area is 129 Å². The molecule has 4 heteroatoms. The van der Waals surface area contributed by atoms with E-state index in [2.05, 4.69) is 39.8 Å². The Hall–Kier alpha value is -0.870. The normalized spacial score (nSPS) is 14.8. The molecule has 0 aliphatic heterocycles. The molecule has 2 N–H and O–H groups in total. The van der Waals surface area contributed by atoms with E-state index in [-0.39, 0.29) is 0 Å². The van der Waals surface area contributed by atoms with Gasteiger partial charge in [0, 0.05) is 12.3 Å². The van der Waals surface area contributed by atoms with Gasteiger partial charge in [0.25, 0.3) is 0 Å². The molecule has 1 unspecified atom stereocenters. The SMILES string of the molecule is CC(C)c1ccc(C(N)C(C)(C)S(C)(=O)=O)c(C(C)C)c1. The zero-order chi connectivity index (χ0) is 16.6. The summed E-state index contributed by atoms with van der Waals surface area (Å²) in [4.78, 5) is 0. The standard InChI is InChI=1S/C17H29NO2S/c1-11(2)13-8-9-14(15(10-13)12(3)4)16(18)17(5,6)21(7,19)20/h8-12,16H,18H2,1-7H3. The Morgan fingerprint density at radius 2 is 1.52 bits per heavy atom. The van der Waals surface area contributed by atoms with Crippen LogP contribution in [-0.2, 0) is 9.84 Å². The summed E-state index contributed by atoms with van der Waals surface area (Å²) in [6.45, 7) is 11.9. The van der Waals surface area contributed by atoms with Crippen LogP contribution in [0.5, 0.6) is 0 Å². The molecule has 0 spiro atoms. The van der Waals surface area contributed by atoms with Crippen molar-refractivity contribution in [2.24, 2.45) is 5.73 Å². The number of sulfone groups is 1. The Kier molecular flexibility index (Phi) is 5.27. The Morgan fingerprint density at radius 3 is 1.90 bits per heavy atom. The lowest BCUT2D eigenvalue weighted by atomic mass is 9.85. The second-order valence-electron chi connectivity index (χ2n) is 7.05. The summed E-state index contributed by atoms with van der Waals surface area (Å²) in [7, 11) is -3.24. The molecule has 21 heavy (non-hydrogen) atoms. The predicted octanol–water partition coefficient (Wildman–Crippen LogP) is 3.76. The number of nitrogens with two attached hydrogens (primary N) is 1. The van der Waals surface area contributed by atoms with Crippen molar-refractivity contribution in [2.75, 3.05) is 6.26 Å². The highest BCUT2D eigenvalue weighted by Crippen LogP contribution is 2.35. The summed E-state index contributed by atoms with van der Waals surface area (Å²) >= 11 is 0. The first-order valence-corrected chi connectivity index (χ1v) is 9.37. The smallest absolute Gasteiger partial charge is 0.154 e. The van der Waals surface area contributed by atoms with E-state index in [0.29, 0.717) is 11.8 Å². The van der Waals surface area contributed by atoms with E-state index >= 15 is 0 Å². The minimum absolute atomic E-state index is 0.306. The molecule has 0 radical (unpaired) electrons. The largest absolute Gasteiger partial charge is 0.323 e. The minimum Gasteiger partial charge on any atom is -0.323 e. The van der Waals surface area contributed by atoms with E-state index in [9.17, 15) is 8.42 Å². The van der Waals surface area contributed by atoms with Gasteiger partial charge < -0.3 is 5.73 Å². The Balaban J connectivity index is 3.43. The molecule has 0 saturated heterocycles. The van der Waals surface area contributed by atoms with Crippen LogP contribution in [0.2, 0.25) is 0 Å². The summed E-state index contributed by atoms with van der Waals surface area (Å²) < 4.78 is 23.1. The van der Waals surface area contributed by atoms with Crippen LogP contribution < -0.4 is 5.73 Å². The molecule has 1 aromatic carbocycles. The molecule has 0 fully saturated rings. The molecule has 3 nitrogen and oxygen atoms in total. The molecule has 0 saturated carbocycles. The first-order valence-electron chi connectivity index (χ1n) is 7.48. The molecule has 0 amide bonds. The number of hydrogen-bond acceptors (Lipinski definition) is 3. The van der Waals surface area contributed by atoms with Crippen LogP contribution in [0.4, 0.5) is 0 Å². The summed E-state index contributed by atoms with van der Waals surface area (Å²) in [5, 5.41) is 0. The van der Waals surface area contributed by atoms with Gasteiger partial charge in [-0.05, 0) is 42.4 Å². The third kappa shape index (κ3) is 3.67.